The molecule has 2 aliphatic rings. The minimum absolute atomic E-state index is 0.0117. The molecule has 6 nitrogen and oxygen atoms in total. The summed E-state index contributed by atoms with van der Waals surface area (Å²) in [5, 5.41) is 0. The number of anilines is 2. The number of para-hydroxylation sites is 3. The fourth-order valence-corrected chi connectivity index (χ4v) is 4.50. The highest BCUT2D eigenvalue weighted by Gasteiger charge is 2.35. The average molecular weight is 422 g/mol. The first-order chi connectivity index (χ1) is 15.1. The zero-order valence-electron chi connectivity index (χ0n) is 18.4. The van der Waals surface area contributed by atoms with E-state index in [1.165, 1.54) is 6.42 Å². The van der Waals surface area contributed by atoms with Gasteiger partial charge in [0.25, 0.3) is 5.91 Å². The monoisotopic (exact) mass is 421 g/mol. The summed E-state index contributed by atoms with van der Waals surface area (Å²) in [7, 11) is 0. The highest BCUT2D eigenvalue weighted by molar-refractivity contribution is 5.97. The Hall–Kier alpha value is -3.02. The van der Waals surface area contributed by atoms with E-state index in [4.69, 9.17) is 4.74 Å². The number of amides is 2. The second-order valence-electron chi connectivity index (χ2n) is 8.27. The predicted octanol–water partition coefficient (Wildman–Crippen LogP) is 3.63. The van der Waals surface area contributed by atoms with Crippen molar-refractivity contribution in [1.82, 2.24) is 4.90 Å². The summed E-state index contributed by atoms with van der Waals surface area (Å²) in [5.41, 5.74) is 2.86. The van der Waals surface area contributed by atoms with Gasteiger partial charge in [-0.3, -0.25) is 9.59 Å². The van der Waals surface area contributed by atoms with Crippen molar-refractivity contribution in [3.05, 3.63) is 54.1 Å². The lowest BCUT2D eigenvalue weighted by Gasteiger charge is -2.38. The number of aryl methyl sites for hydroxylation is 1. The molecule has 2 aliphatic heterocycles. The van der Waals surface area contributed by atoms with E-state index < -0.39 is 6.10 Å². The molecule has 31 heavy (non-hydrogen) atoms. The van der Waals surface area contributed by atoms with Crippen molar-refractivity contribution in [1.29, 1.82) is 0 Å². The number of hydrogen-bond donors (Lipinski definition) is 0. The number of likely N-dealkylation sites (N-methyl/N-ethyl adjacent to an activating group) is 1. The third kappa shape index (κ3) is 4.53. The molecule has 0 bridgehead atoms. The van der Waals surface area contributed by atoms with Crippen molar-refractivity contribution >= 4 is 23.2 Å². The van der Waals surface area contributed by atoms with Crippen LogP contribution in [0.25, 0.3) is 0 Å². The normalized spacial score (nSPS) is 18.2. The first-order valence-corrected chi connectivity index (χ1v) is 11.2. The zero-order chi connectivity index (χ0) is 21.8. The van der Waals surface area contributed by atoms with E-state index in [0.717, 1.165) is 42.9 Å². The maximum Gasteiger partial charge on any atom is 0.265 e. The SMILES string of the molecule is CCN(C(=O)CN1CC(C(=O)N2CCCCC2)Oc2ccccc21)c1ccccc1C. The second-order valence-corrected chi connectivity index (χ2v) is 8.27. The molecule has 1 fully saturated rings. The molecule has 2 aromatic rings. The Morgan fingerprint density at radius 2 is 1.74 bits per heavy atom. The first kappa shape index (κ1) is 21.2. The number of nitrogens with zero attached hydrogens (tertiary/aromatic N) is 3. The number of hydrogen-bond acceptors (Lipinski definition) is 4. The molecule has 0 saturated carbocycles. The highest BCUT2D eigenvalue weighted by Crippen LogP contribution is 2.34. The standard InChI is InChI=1S/C25H31N3O3/c1-3-28(20-12-6-5-11-19(20)2)24(29)18-27-17-23(25(30)26-15-9-4-10-16-26)31-22-14-8-7-13-21(22)27/h5-8,11-14,23H,3-4,9-10,15-18H2,1-2H3. The summed E-state index contributed by atoms with van der Waals surface area (Å²) in [4.78, 5) is 32.2. The first-order valence-electron chi connectivity index (χ1n) is 11.2. The van der Waals surface area contributed by atoms with E-state index in [9.17, 15) is 9.59 Å². The number of carbonyl (C=O) groups is 2. The second kappa shape index (κ2) is 9.41. The van der Waals surface area contributed by atoms with Gasteiger partial charge in [0.1, 0.15) is 5.75 Å². The van der Waals surface area contributed by atoms with Gasteiger partial charge in [0.15, 0.2) is 6.10 Å². The van der Waals surface area contributed by atoms with Crippen LogP contribution < -0.4 is 14.5 Å². The number of piperidine rings is 1. The van der Waals surface area contributed by atoms with Crippen LogP contribution in [0.1, 0.15) is 31.7 Å². The molecule has 1 saturated heterocycles. The topological polar surface area (TPSA) is 53.1 Å². The number of likely N-dealkylation sites (tertiary alicyclic amines) is 1. The molecule has 2 aromatic carbocycles. The molecular formula is C25H31N3O3. The summed E-state index contributed by atoms with van der Waals surface area (Å²) in [6.07, 6.45) is 2.66. The van der Waals surface area contributed by atoms with E-state index in [2.05, 4.69) is 0 Å². The van der Waals surface area contributed by atoms with Gasteiger partial charge in [-0.2, -0.15) is 0 Å². The summed E-state index contributed by atoms with van der Waals surface area (Å²) >= 11 is 0. The lowest BCUT2D eigenvalue weighted by molar-refractivity contribution is -0.139. The Balaban J connectivity index is 1.55. The van der Waals surface area contributed by atoms with Gasteiger partial charge in [-0.05, 0) is 56.9 Å². The van der Waals surface area contributed by atoms with Crippen LogP contribution >= 0.6 is 0 Å². The fourth-order valence-electron chi connectivity index (χ4n) is 4.50. The Kier molecular flexibility index (Phi) is 6.44. The summed E-state index contributed by atoms with van der Waals surface area (Å²) in [5.74, 6) is 0.700. The molecule has 1 unspecified atom stereocenters. The van der Waals surface area contributed by atoms with Gasteiger partial charge in [0.2, 0.25) is 5.91 Å². The van der Waals surface area contributed by atoms with Crippen LogP contribution in [-0.4, -0.2) is 55.5 Å². The van der Waals surface area contributed by atoms with Crippen molar-refractivity contribution in [2.75, 3.05) is 42.5 Å². The Labute approximate surface area is 184 Å². The predicted molar refractivity (Wildman–Crippen MR) is 123 cm³/mol. The van der Waals surface area contributed by atoms with Crippen molar-refractivity contribution in [3.63, 3.8) is 0 Å². The molecule has 0 aliphatic carbocycles. The molecule has 164 valence electrons. The minimum atomic E-state index is -0.589. The van der Waals surface area contributed by atoms with Crippen molar-refractivity contribution in [3.8, 4) is 5.75 Å². The van der Waals surface area contributed by atoms with E-state index in [0.29, 0.717) is 18.8 Å². The van der Waals surface area contributed by atoms with Crippen LogP contribution in [0.5, 0.6) is 5.75 Å². The van der Waals surface area contributed by atoms with Crippen molar-refractivity contribution in [2.24, 2.45) is 0 Å². The Morgan fingerprint density at radius 1 is 1.03 bits per heavy atom. The van der Waals surface area contributed by atoms with Gasteiger partial charge < -0.3 is 19.4 Å². The van der Waals surface area contributed by atoms with Crippen LogP contribution in [0.3, 0.4) is 0 Å². The van der Waals surface area contributed by atoms with Gasteiger partial charge in [-0.25, -0.2) is 0 Å². The molecule has 0 aromatic heterocycles. The zero-order valence-corrected chi connectivity index (χ0v) is 18.4. The quantitative estimate of drug-likeness (QED) is 0.740. The summed E-state index contributed by atoms with van der Waals surface area (Å²) in [6.45, 7) is 6.75. The van der Waals surface area contributed by atoms with E-state index in [1.807, 2.05) is 77.1 Å². The molecule has 0 spiro atoms. The molecule has 0 radical (unpaired) electrons. The van der Waals surface area contributed by atoms with Crippen molar-refractivity contribution in [2.45, 2.75) is 39.2 Å². The number of fused-ring (bicyclic) bond motifs is 1. The minimum Gasteiger partial charge on any atom is -0.477 e. The number of ether oxygens (including phenoxy) is 1. The maximum atomic E-state index is 13.3. The van der Waals surface area contributed by atoms with Gasteiger partial charge in [-0.15, -0.1) is 0 Å². The largest absolute Gasteiger partial charge is 0.477 e. The number of benzene rings is 2. The van der Waals surface area contributed by atoms with Gasteiger partial charge in [0.05, 0.1) is 18.8 Å². The Bertz CT molecular complexity index is 939. The molecule has 0 N–H and O–H groups in total. The van der Waals surface area contributed by atoms with Crippen LogP contribution in [0, 0.1) is 6.92 Å². The summed E-state index contributed by atoms with van der Waals surface area (Å²) < 4.78 is 6.09. The smallest absolute Gasteiger partial charge is 0.265 e. The van der Waals surface area contributed by atoms with Crippen molar-refractivity contribution < 1.29 is 14.3 Å². The lowest BCUT2D eigenvalue weighted by atomic mass is 10.1. The van der Waals surface area contributed by atoms with Crippen LogP contribution in [0.15, 0.2) is 48.5 Å². The van der Waals surface area contributed by atoms with E-state index >= 15 is 0 Å². The van der Waals surface area contributed by atoms with E-state index in [1.54, 1.807) is 0 Å². The third-order valence-corrected chi connectivity index (χ3v) is 6.15. The number of carbonyl (C=O) groups excluding carboxylic acids is 2. The molecular weight excluding hydrogens is 390 g/mol. The third-order valence-electron chi connectivity index (χ3n) is 6.15. The van der Waals surface area contributed by atoms with Gasteiger partial charge >= 0.3 is 0 Å². The van der Waals surface area contributed by atoms with Crippen LogP contribution in [0.2, 0.25) is 0 Å². The van der Waals surface area contributed by atoms with Gasteiger partial charge in [0, 0.05) is 25.3 Å². The fraction of sp³-hybridized carbons (Fsp3) is 0.440. The Morgan fingerprint density at radius 3 is 2.48 bits per heavy atom. The number of rotatable bonds is 5. The highest BCUT2D eigenvalue weighted by atomic mass is 16.5. The van der Waals surface area contributed by atoms with Gasteiger partial charge in [-0.1, -0.05) is 30.3 Å². The summed E-state index contributed by atoms with van der Waals surface area (Å²) in [6, 6.07) is 15.6. The maximum absolute atomic E-state index is 13.3. The lowest BCUT2D eigenvalue weighted by Crippen LogP contribution is -2.53. The molecule has 4 rings (SSSR count). The van der Waals surface area contributed by atoms with Crippen LogP contribution in [-0.2, 0) is 9.59 Å². The molecule has 1 atom stereocenters. The molecule has 6 heteroatoms. The van der Waals surface area contributed by atoms with E-state index in [-0.39, 0.29) is 18.4 Å². The average Bonchev–Trinajstić information content (AvgIpc) is 2.81. The molecule has 2 amide bonds. The molecule has 2 heterocycles. The van der Waals surface area contributed by atoms with Crippen LogP contribution in [0.4, 0.5) is 11.4 Å².